The molecule has 0 saturated carbocycles. The maximum Gasteiger partial charge on any atom is 0.238 e. The SMILES string of the molecule is COc1ccc(Cl)cc1NC(=O)CN1CCC(N)C1.Cl. The van der Waals surface area contributed by atoms with Crippen LogP contribution in [0, 0.1) is 0 Å². The molecule has 1 saturated heterocycles. The first-order chi connectivity index (χ1) is 9.08. The number of carbonyl (C=O) groups is 1. The van der Waals surface area contributed by atoms with Crippen LogP contribution in [0.2, 0.25) is 5.02 Å². The fraction of sp³-hybridized carbons (Fsp3) is 0.462. The lowest BCUT2D eigenvalue weighted by atomic mass is 10.3. The van der Waals surface area contributed by atoms with Crippen LogP contribution < -0.4 is 15.8 Å². The van der Waals surface area contributed by atoms with Gasteiger partial charge in [0.15, 0.2) is 0 Å². The highest BCUT2D eigenvalue weighted by Gasteiger charge is 2.21. The van der Waals surface area contributed by atoms with E-state index >= 15 is 0 Å². The fourth-order valence-electron chi connectivity index (χ4n) is 2.18. The van der Waals surface area contributed by atoms with Crippen LogP contribution in [0.3, 0.4) is 0 Å². The monoisotopic (exact) mass is 319 g/mol. The average molecular weight is 320 g/mol. The number of nitrogens with two attached hydrogens (primary N) is 1. The lowest BCUT2D eigenvalue weighted by Gasteiger charge is -2.16. The van der Waals surface area contributed by atoms with Crippen LogP contribution in [0.25, 0.3) is 0 Å². The number of amides is 1. The summed E-state index contributed by atoms with van der Waals surface area (Å²) in [6, 6.07) is 5.29. The van der Waals surface area contributed by atoms with Crippen LogP contribution in [0.5, 0.6) is 5.75 Å². The highest BCUT2D eigenvalue weighted by molar-refractivity contribution is 6.31. The van der Waals surface area contributed by atoms with Gasteiger partial charge in [0, 0.05) is 24.2 Å². The lowest BCUT2D eigenvalue weighted by molar-refractivity contribution is -0.117. The summed E-state index contributed by atoms with van der Waals surface area (Å²) in [6.45, 7) is 1.96. The number of ether oxygens (including phenoxy) is 1. The molecule has 112 valence electrons. The topological polar surface area (TPSA) is 67.6 Å². The molecule has 2 rings (SSSR count). The molecule has 0 bridgehead atoms. The third-order valence-corrected chi connectivity index (χ3v) is 3.35. The highest BCUT2D eigenvalue weighted by atomic mass is 35.5. The Bertz CT molecular complexity index is 471. The molecule has 1 aromatic carbocycles. The zero-order chi connectivity index (χ0) is 13.8. The molecular weight excluding hydrogens is 301 g/mol. The molecule has 0 spiro atoms. The van der Waals surface area contributed by atoms with Gasteiger partial charge in [0.25, 0.3) is 0 Å². The van der Waals surface area contributed by atoms with E-state index in [1.165, 1.54) is 0 Å². The molecule has 0 aromatic heterocycles. The van der Waals surface area contributed by atoms with Crippen molar-refractivity contribution in [2.45, 2.75) is 12.5 Å². The zero-order valence-corrected chi connectivity index (χ0v) is 12.8. The third-order valence-electron chi connectivity index (χ3n) is 3.11. The molecule has 5 nitrogen and oxygen atoms in total. The highest BCUT2D eigenvalue weighted by Crippen LogP contribution is 2.27. The summed E-state index contributed by atoms with van der Waals surface area (Å²) < 4.78 is 5.18. The van der Waals surface area contributed by atoms with Crippen LogP contribution >= 0.6 is 24.0 Å². The lowest BCUT2D eigenvalue weighted by Crippen LogP contribution is -2.33. The third kappa shape index (κ3) is 4.52. The second-order valence-corrected chi connectivity index (χ2v) is 5.11. The summed E-state index contributed by atoms with van der Waals surface area (Å²) in [5.74, 6) is 0.505. The number of halogens is 2. The fourth-order valence-corrected chi connectivity index (χ4v) is 2.35. The van der Waals surface area contributed by atoms with E-state index in [-0.39, 0.29) is 24.4 Å². The Kier molecular flexibility index (Phi) is 6.55. The Morgan fingerprint density at radius 2 is 2.35 bits per heavy atom. The number of hydrogen-bond acceptors (Lipinski definition) is 4. The molecule has 0 aliphatic carbocycles. The first-order valence-electron chi connectivity index (χ1n) is 6.20. The van der Waals surface area contributed by atoms with E-state index in [1.54, 1.807) is 25.3 Å². The van der Waals surface area contributed by atoms with Crippen molar-refractivity contribution in [1.82, 2.24) is 4.90 Å². The van der Waals surface area contributed by atoms with Gasteiger partial charge < -0.3 is 15.8 Å². The van der Waals surface area contributed by atoms with Gasteiger partial charge in [-0.05, 0) is 24.6 Å². The molecule has 1 aliphatic heterocycles. The quantitative estimate of drug-likeness (QED) is 0.887. The van der Waals surface area contributed by atoms with Crippen molar-refractivity contribution in [2.75, 3.05) is 32.1 Å². The molecule has 3 N–H and O–H groups in total. The van der Waals surface area contributed by atoms with E-state index in [0.29, 0.717) is 23.0 Å². The zero-order valence-electron chi connectivity index (χ0n) is 11.3. The maximum absolute atomic E-state index is 12.0. The first-order valence-corrected chi connectivity index (χ1v) is 6.57. The molecule has 1 heterocycles. The van der Waals surface area contributed by atoms with Crippen molar-refractivity contribution in [2.24, 2.45) is 5.73 Å². The minimum atomic E-state index is -0.0883. The first kappa shape index (κ1) is 17.0. The number of nitrogens with zero attached hydrogens (tertiary/aromatic N) is 1. The molecular formula is C13H19Cl2N3O2. The van der Waals surface area contributed by atoms with Crippen LogP contribution in [0.1, 0.15) is 6.42 Å². The molecule has 1 fully saturated rings. The Morgan fingerprint density at radius 1 is 1.60 bits per heavy atom. The largest absolute Gasteiger partial charge is 0.495 e. The summed E-state index contributed by atoms with van der Waals surface area (Å²) in [5.41, 5.74) is 6.39. The number of anilines is 1. The summed E-state index contributed by atoms with van der Waals surface area (Å²) >= 11 is 5.91. The van der Waals surface area contributed by atoms with Crippen molar-refractivity contribution in [3.8, 4) is 5.75 Å². The smallest absolute Gasteiger partial charge is 0.238 e. The number of likely N-dealkylation sites (tertiary alicyclic amines) is 1. The second-order valence-electron chi connectivity index (χ2n) is 4.68. The van der Waals surface area contributed by atoms with Crippen molar-refractivity contribution in [3.63, 3.8) is 0 Å². The van der Waals surface area contributed by atoms with Gasteiger partial charge in [-0.1, -0.05) is 11.6 Å². The Balaban J connectivity index is 0.00000200. The van der Waals surface area contributed by atoms with Crippen LogP contribution in [-0.4, -0.2) is 43.6 Å². The van der Waals surface area contributed by atoms with E-state index < -0.39 is 0 Å². The number of methoxy groups -OCH3 is 1. The van der Waals surface area contributed by atoms with Crippen molar-refractivity contribution in [3.05, 3.63) is 23.2 Å². The molecule has 0 radical (unpaired) electrons. The maximum atomic E-state index is 12.0. The summed E-state index contributed by atoms with van der Waals surface area (Å²) in [5, 5.41) is 3.37. The predicted octanol–water partition coefficient (Wildman–Crippen LogP) is 1.74. The number of hydrogen-bond donors (Lipinski definition) is 2. The number of carbonyl (C=O) groups excluding carboxylic acids is 1. The second kappa shape index (κ2) is 7.69. The van der Waals surface area contributed by atoms with E-state index in [2.05, 4.69) is 5.32 Å². The number of nitrogens with one attached hydrogen (secondary N) is 1. The molecule has 1 amide bonds. The van der Waals surface area contributed by atoms with Gasteiger partial charge in [0.2, 0.25) is 5.91 Å². The van der Waals surface area contributed by atoms with E-state index in [0.717, 1.165) is 19.5 Å². The van der Waals surface area contributed by atoms with Gasteiger partial charge in [0.05, 0.1) is 19.3 Å². The van der Waals surface area contributed by atoms with Gasteiger partial charge in [-0.15, -0.1) is 12.4 Å². The Hall–Kier alpha value is -1.01. The van der Waals surface area contributed by atoms with E-state index in [4.69, 9.17) is 22.1 Å². The van der Waals surface area contributed by atoms with Crippen LogP contribution in [0.15, 0.2) is 18.2 Å². The minimum absolute atomic E-state index is 0. The van der Waals surface area contributed by atoms with Gasteiger partial charge in [-0.2, -0.15) is 0 Å². The van der Waals surface area contributed by atoms with Gasteiger partial charge in [0.1, 0.15) is 5.75 Å². The predicted molar refractivity (Wildman–Crippen MR) is 82.9 cm³/mol. The minimum Gasteiger partial charge on any atom is -0.495 e. The van der Waals surface area contributed by atoms with E-state index in [1.807, 2.05) is 4.90 Å². The molecule has 1 aliphatic rings. The summed E-state index contributed by atoms with van der Waals surface area (Å²) in [4.78, 5) is 14.0. The van der Waals surface area contributed by atoms with E-state index in [9.17, 15) is 4.79 Å². The van der Waals surface area contributed by atoms with Crippen LogP contribution in [-0.2, 0) is 4.79 Å². The van der Waals surface area contributed by atoms with Gasteiger partial charge in [-0.25, -0.2) is 0 Å². The Labute approximate surface area is 129 Å². The van der Waals surface area contributed by atoms with Crippen molar-refractivity contribution < 1.29 is 9.53 Å². The molecule has 7 heteroatoms. The summed E-state index contributed by atoms with van der Waals surface area (Å²) in [7, 11) is 1.55. The van der Waals surface area contributed by atoms with Crippen LogP contribution in [0.4, 0.5) is 5.69 Å². The molecule has 1 aromatic rings. The normalized spacial score (nSPS) is 18.4. The number of benzene rings is 1. The average Bonchev–Trinajstić information content (AvgIpc) is 2.75. The Morgan fingerprint density at radius 3 is 2.95 bits per heavy atom. The molecule has 1 atom stereocenters. The standard InChI is InChI=1S/C13H18ClN3O2.ClH/c1-19-12-3-2-9(14)6-11(12)16-13(18)8-17-5-4-10(15)7-17;/h2-3,6,10H,4-5,7-8,15H2,1H3,(H,16,18);1H. The van der Waals surface area contributed by atoms with Gasteiger partial charge in [-0.3, -0.25) is 9.69 Å². The van der Waals surface area contributed by atoms with Crippen molar-refractivity contribution in [1.29, 1.82) is 0 Å². The van der Waals surface area contributed by atoms with Crippen molar-refractivity contribution >= 4 is 35.6 Å². The number of rotatable bonds is 4. The molecule has 1 unspecified atom stereocenters. The van der Waals surface area contributed by atoms with Gasteiger partial charge >= 0.3 is 0 Å². The molecule has 20 heavy (non-hydrogen) atoms. The summed E-state index contributed by atoms with van der Waals surface area (Å²) in [6.07, 6.45) is 0.938.